The molecule has 0 amide bonds. The number of aromatic nitrogens is 1. The molecule has 2 aromatic carbocycles. The van der Waals surface area contributed by atoms with Gasteiger partial charge in [-0.1, -0.05) is 24.3 Å². The van der Waals surface area contributed by atoms with Crippen LogP contribution in [-0.4, -0.2) is 41.7 Å². The zero-order chi connectivity index (χ0) is 22.3. The molecule has 0 saturated carbocycles. The second kappa shape index (κ2) is 7.56. The molecule has 0 saturated heterocycles. The average Bonchev–Trinajstić information content (AvgIpc) is 3.04. The molecule has 3 aromatic rings. The third-order valence-electron chi connectivity index (χ3n) is 4.26. The minimum absolute atomic E-state index is 0.0310. The maximum atomic E-state index is 13.3. The number of rotatable bonds is 7. The van der Waals surface area contributed by atoms with Crippen molar-refractivity contribution >= 4 is 40.9 Å². The first-order valence-corrected chi connectivity index (χ1v) is 13.7. The second-order valence-electron chi connectivity index (χ2n) is 6.59. The van der Waals surface area contributed by atoms with Gasteiger partial charge in [0.15, 0.2) is 0 Å². The zero-order valence-corrected chi connectivity index (χ0v) is 18.6. The van der Waals surface area contributed by atoms with Crippen LogP contribution in [-0.2, 0) is 36.4 Å². The maximum absolute atomic E-state index is 13.3. The summed E-state index contributed by atoms with van der Waals surface area (Å²) in [7, 11) is -11.9. The first-order valence-electron chi connectivity index (χ1n) is 8.54. The van der Waals surface area contributed by atoms with Crippen molar-refractivity contribution in [2.45, 2.75) is 16.2 Å². The van der Waals surface area contributed by atoms with Crippen molar-refractivity contribution in [2.75, 3.05) is 12.5 Å². The van der Waals surface area contributed by atoms with E-state index in [1.165, 1.54) is 30.3 Å². The third kappa shape index (κ3) is 4.13. The molecule has 0 aliphatic rings. The van der Waals surface area contributed by atoms with Crippen molar-refractivity contribution < 1.29 is 29.4 Å². The number of benzene rings is 2. The van der Waals surface area contributed by atoms with E-state index < -0.39 is 30.0 Å². The van der Waals surface area contributed by atoms with E-state index >= 15 is 0 Å². The highest BCUT2D eigenvalue weighted by atomic mass is 32.2. The minimum Gasteiger partial charge on any atom is -0.382 e. The van der Waals surface area contributed by atoms with Gasteiger partial charge in [0.05, 0.1) is 27.8 Å². The van der Waals surface area contributed by atoms with Crippen molar-refractivity contribution in [3.8, 4) is 5.75 Å². The lowest BCUT2D eigenvalue weighted by Crippen LogP contribution is -2.09. The van der Waals surface area contributed by atoms with E-state index in [0.29, 0.717) is 0 Å². The van der Waals surface area contributed by atoms with Gasteiger partial charge in [0.1, 0.15) is 5.75 Å². The fourth-order valence-corrected chi connectivity index (χ4v) is 5.97. The van der Waals surface area contributed by atoms with Gasteiger partial charge >= 0.3 is 10.1 Å². The highest BCUT2D eigenvalue weighted by Gasteiger charge is 2.29. The summed E-state index contributed by atoms with van der Waals surface area (Å²) in [5.41, 5.74) is 0.287. The SMILES string of the molecule is C=CCc1c(OS(C)(=O)=O)ccc2c1c(S(=O)(=O)c1ccccc1)cn2S(C)(=O)=O. The predicted molar refractivity (Wildman–Crippen MR) is 113 cm³/mol. The van der Waals surface area contributed by atoms with Gasteiger partial charge in [0.25, 0.3) is 0 Å². The smallest absolute Gasteiger partial charge is 0.306 e. The van der Waals surface area contributed by atoms with Gasteiger partial charge in [-0.3, -0.25) is 0 Å². The van der Waals surface area contributed by atoms with Gasteiger partial charge in [-0.05, 0) is 30.7 Å². The molecule has 1 aromatic heterocycles. The summed E-state index contributed by atoms with van der Waals surface area (Å²) >= 11 is 0. The highest BCUT2D eigenvalue weighted by molar-refractivity contribution is 7.92. The van der Waals surface area contributed by atoms with Gasteiger partial charge in [-0.2, -0.15) is 8.42 Å². The lowest BCUT2D eigenvalue weighted by Gasteiger charge is -2.12. The summed E-state index contributed by atoms with van der Waals surface area (Å²) in [4.78, 5) is -0.304. The van der Waals surface area contributed by atoms with E-state index in [9.17, 15) is 25.3 Å². The number of hydrogen-bond donors (Lipinski definition) is 0. The molecule has 8 nitrogen and oxygen atoms in total. The van der Waals surface area contributed by atoms with Crippen LogP contribution in [0.25, 0.3) is 10.9 Å². The average molecular weight is 470 g/mol. The lowest BCUT2D eigenvalue weighted by atomic mass is 10.1. The Morgan fingerprint density at radius 1 is 0.967 bits per heavy atom. The molecule has 3 rings (SSSR count). The van der Waals surface area contributed by atoms with Crippen LogP contribution >= 0.6 is 0 Å². The molecule has 160 valence electrons. The van der Waals surface area contributed by atoms with Gasteiger partial charge in [-0.25, -0.2) is 20.8 Å². The van der Waals surface area contributed by atoms with Crippen LogP contribution in [0.2, 0.25) is 0 Å². The van der Waals surface area contributed by atoms with E-state index in [-0.39, 0.29) is 38.4 Å². The molecule has 0 bridgehead atoms. The maximum Gasteiger partial charge on any atom is 0.306 e. The number of sulfone groups is 1. The topological polar surface area (TPSA) is 117 Å². The van der Waals surface area contributed by atoms with Gasteiger partial charge in [0, 0.05) is 17.1 Å². The molecule has 0 radical (unpaired) electrons. The number of fused-ring (bicyclic) bond motifs is 1. The minimum atomic E-state index is -4.13. The van der Waals surface area contributed by atoms with Crippen LogP contribution in [0.5, 0.6) is 5.75 Å². The summed E-state index contributed by atoms with van der Waals surface area (Å²) in [5.74, 6) is -0.0966. The molecule has 0 unspecified atom stereocenters. The fraction of sp³-hybridized carbons (Fsp3) is 0.158. The molecule has 0 fully saturated rings. The van der Waals surface area contributed by atoms with Crippen molar-refractivity contribution in [1.82, 2.24) is 3.97 Å². The zero-order valence-electron chi connectivity index (χ0n) is 16.1. The predicted octanol–water partition coefficient (Wildman–Crippen LogP) is 2.35. The summed E-state index contributed by atoms with van der Waals surface area (Å²) in [5, 5.41) is 0.0605. The Kier molecular flexibility index (Phi) is 5.56. The van der Waals surface area contributed by atoms with Crippen molar-refractivity contribution in [2.24, 2.45) is 0 Å². The Morgan fingerprint density at radius 2 is 1.60 bits per heavy atom. The number of hydrogen-bond acceptors (Lipinski definition) is 7. The molecule has 0 spiro atoms. The first kappa shape index (κ1) is 22.1. The van der Waals surface area contributed by atoms with Crippen molar-refractivity contribution in [1.29, 1.82) is 0 Å². The monoisotopic (exact) mass is 469 g/mol. The van der Waals surface area contributed by atoms with Crippen LogP contribution in [0.1, 0.15) is 5.56 Å². The molecule has 0 aliphatic carbocycles. The van der Waals surface area contributed by atoms with E-state index in [0.717, 1.165) is 22.7 Å². The van der Waals surface area contributed by atoms with Crippen LogP contribution in [0.3, 0.4) is 0 Å². The Bertz CT molecular complexity index is 1450. The van der Waals surface area contributed by atoms with E-state index in [4.69, 9.17) is 4.18 Å². The Labute approximate surface area is 175 Å². The van der Waals surface area contributed by atoms with Crippen LogP contribution in [0, 0.1) is 0 Å². The molecule has 1 heterocycles. The van der Waals surface area contributed by atoms with Crippen molar-refractivity contribution in [3.63, 3.8) is 0 Å². The normalized spacial score (nSPS) is 12.7. The van der Waals surface area contributed by atoms with Crippen LogP contribution in [0.4, 0.5) is 0 Å². The van der Waals surface area contributed by atoms with Gasteiger partial charge in [0.2, 0.25) is 19.9 Å². The summed E-state index contributed by atoms with van der Waals surface area (Å²) in [6.45, 7) is 3.63. The molecular weight excluding hydrogens is 450 g/mol. The van der Waals surface area contributed by atoms with Crippen LogP contribution in [0.15, 0.2) is 71.1 Å². The molecular formula is C19H19NO7S3. The van der Waals surface area contributed by atoms with Gasteiger partial charge < -0.3 is 4.18 Å². The first-order chi connectivity index (χ1) is 13.9. The largest absolute Gasteiger partial charge is 0.382 e. The lowest BCUT2D eigenvalue weighted by molar-refractivity contribution is 0.491. The number of allylic oxidation sites excluding steroid dienone is 1. The fourth-order valence-electron chi connectivity index (χ4n) is 3.11. The standard InChI is InChI=1S/C19H19NO7S3/c1-4-8-15-17(27-29(3,23)24)12-11-16-19(15)18(13-20(16)28(2,21)22)30(25,26)14-9-6-5-7-10-14/h4-7,9-13H,1,8H2,2-3H3. The van der Waals surface area contributed by atoms with Gasteiger partial charge in [-0.15, -0.1) is 6.58 Å². The van der Waals surface area contributed by atoms with Crippen LogP contribution < -0.4 is 4.18 Å². The Hall–Kier alpha value is -2.63. The molecule has 0 N–H and O–H groups in total. The Morgan fingerprint density at radius 3 is 2.13 bits per heavy atom. The summed E-state index contributed by atoms with van der Waals surface area (Å²) in [6.07, 6.45) is 4.32. The van der Waals surface area contributed by atoms with E-state index in [1.807, 2.05) is 0 Å². The molecule has 11 heteroatoms. The summed E-state index contributed by atoms with van der Waals surface area (Å²) in [6, 6.07) is 10.1. The summed E-state index contributed by atoms with van der Waals surface area (Å²) < 4.78 is 80.6. The van der Waals surface area contributed by atoms with E-state index in [2.05, 4.69) is 6.58 Å². The third-order valence-corrected chi connectivity index (χ3v) is 7.54. The molecule has 0 aliphatic heterocycles. The quantitative estimate of drug-likeness (QED) is 0.385. The van der Waals surface area contributed by atoms with Crippen molar-refractivity contribution in [3.05, 3.63) is 66.9 Å². The molecule has 0 atom stereocenters. The number of nitrogens with zero attached hydrogens (tertiary/aromatic N) is 1. The van der Waals surface area contributed by atoms with E-state index in [1.54, 1.807) is 18.2 Å². The molecule has 30 heavy (non-hydrogen) atoms. The highest BCUT2D eigenvalue weighted by Crippen LogP contribution is 2.38. The second-order valence-corrected chi connectivity index (χ2v) is 11.9. The Balaban J connectivity index is 2.50.